The zero-order chi connectivity index (χ0) is 20.8. The van der Waals surface area contributed by atoms with E-state index in [1.807, 2.05) is 0 Å². The summed E-state index contributed by atoms with van der Waals surface area (Å²) in [5.41, 5.74) is 0.159. The van der Waals surface area contributed by atoms with Crippen LogP contribution in [0.3, 0.4) is 0 Å². The molecule has 1 aliphatic rings. The van der Waals surface area contributed by atoms with E-state index in [1.165, 1.54) is 20.3 Å². The van der Waals surface area contributed by atoms with Crippen LogP contribution >= 0.6 is 11.6 Å². The molecule has 0 saturated carbocycles. The summed E-state index contributed by atoms with van der Waals surface area (Å²) in [6, 6.07) is 1.21. The van der Waals surface area contributed by atoms with Crippen molar-refractivity contribution in [2.75, 3.05) is 14.2 Å². The van der Waals surface area contributed by atoms with E-state index in [2.05, 4.69) is 0 Å². The molecule has 1 aromatic carbocycles. The average molecular weight is 413 g/mol. The summed E-state index contributed by atoms with van der Waals surface area (Å²) in [7, 11) is 2.83. The van der Waals surface area contributed by atoms with Gasteiger partial charge in [-0.3, -0.25) is 9.59 Å². The molecule has 0 aliphatic carbocycles. The van der Waals surface area contributed by atoms with Crippen LogP contribution in [0.4, 0.5) is 0 Å². The highest BCUT2D eigenvalue weighted by molar-refractivity contribution is 6.33. The highest BCUT2D eigenvalue weighted by Crippen LogP contribution is 2.38. The van der Waals surface area contributed by atoms with Gasteiger partial charge in [0.05, 0.1) is 24.3 Å². The van der Waals surface area contributed by atoms with Gasteiger partial charge in [0.25, 0.3) is 0 Å². The molecule has 0 bridgehead atoms. The second-order valence-corrected chi connectivity index (χ2v) is 7.25. The molecule has 154 valence electrons. The van der Waals surface area contributed by atoms with Crippen LogP contribution in [0, 0.1) is 0 Å². The van der Waals surface area contributed by atoms with Gasteiger partial charge in [-0.25, -0.2) is 4.79 Å². The van der Waals surface area contributed by atoms with Crippen LogP contribution in [0.25, 0.3) is 0 Å². The number of ether oxygens (including phenoxy) is 3. The number of Topliss-reactive ketones (excluding diaryl/α,β-unsaturated/α-hetero) is 2. The van der Waals surface area contributed by atoms with E-state index in [1.54, 1.807) is 6.92 Å². The van der Waals surface area contributed by atoms with Gasteiger partial charge in [-0.15, -0.1) is 0 Å². The predicted octanol–water partition coefficient (Wildman–Crippen LogP) is 3.26. The zero-order valence-corrected chi connectivity index (χ0v) is 17.0. The third kappa shape index (κ3) is 5.45. The molecule has 2 atom stereocenters. The Kier molecular flexibility index (Phi) is 7.83. The van der Waals surface area contributed by atoms with E-state index < -0.39 is 18.2 Å². The van der Waals surface area contributed by atoms with Crippen LogP contribution in [-0.2, 0) is 25.5 Å². The van der Waals surface area contributed by atoms with Crippen molar-refractivity contribution in [2.24, 2.45) is 0 Å². The van der Waals surface area contributed by atoms with Crippen LogP contribution < -0.4 is 4.74 Å². The molecule has 0 fully saturated rings. The number of esters is 1. The van der Waals surface area contributed by atoms with E-state index in [9.17, 15) is 19.5 Å². The van der Waals surface area contributed by atoms with Crippen molar-refractivity contribution in [3.63, 3.8) is 0 Å². The molecule has 0 unspecified atom stereocenters. The molecule has 0 saturated heterocycles. The summed E-state index contributed by atoms with van der Waals surface area (Å²) in [4.78, 5) is 37.4. The van der Waals surface area contributed by atoms with Crippen molar-refractivity contribution in [2.45, 2.75) is 57.7 Å². The van der Waals surface area contributed by atoms with Crippen LogP contribution in [0.5, 0.6) is 11.5 Å². The number of aromatic hydroxyl groups is 1. The lowest BCUT2D eigenvalue weighted by atomic mass is 9.96. The molecule has 1 heterocycles. The molecule has 8 heteroatoms. The molecule has 1 aromatic rings. The second-order valence-electron chi connectivity index (χ2n) is 6.87. The number of hydrogen-bond acceptors (Lipinski definition) is 7. The van der Waals surface area contributed by atoms with E-state index in [4.69, 9.17) is 25.8 Å². The van der Waals surface area contributed by atoms with Crippen molar-refractivity contribution in [1.82, 2.24) is 0 Å². The lowest BCUT2D eigenvalue weighted by Gasteiger charge is -2.20. The van der Waals surface area contributed by atoms with Crippen molar-refractivity contribution in [1.29, 1.82) is 0 Å². The number of ketones is 2. The van der Waals surface area contributed by atoms with E-state index >= 15 is 0 Å². The Balaban J connectivity index is 2.48. The van der Waals surface area contributed by atoms with Crippen LogP contribution in [0.1, 0.15) is 54.9 Å². The molecule has 0 amide bonds. The van der Waals surface area contributed by atoms with Gasteiger partial charge in [0.1, 0.15) is 28.6 Å². The zero-order valence-electron chi connectivity index (χ0n) is 16.2. The Morgan fingerprint density at radius 1 is 1.14 bits per heavy atom. The third-order valence-electron chi connectivity index (χ3n) is 4.78. The number of phenolic OH excluding ortho intramolecular Hbond substituents is 1. The normalized spacial score (nSPS) is 22.2. The largest absolute Gasteiger partial charge is 0.506 e. The number of cyclic esters (lactones) is 1. The number of benzene rings is 1. The quantitative estimate of drug-likeness (QED) is 0.744. The van der Waals surface area contributed by atoms with Gasteiger partial charge in [-0.2, -0.15) is 0 Å². The van der Waals surface area contributed by atoms with Gasteiger partial charge < -0.3 is 19.3 Å². The number of halogens is 1. The molecule has 2 rings (SSSR count). The fourth-order valence-corrected chi connectivity index (χ4v) is 3.38. The lowest BCUT2D eigenvalue weighted by molar-refractivity contribution is -0.123. The van der Waals surface area contributed by atoms with E-state index in [0.717, 1.165) is 0 Å². The summed E-state index contributed by atoms with van der Waals surface area (Å²) in [6.45, 7) is 1.69. The molecular weight excluding hydrogens is 388 g/mol. The minimum absolute atomic E-state index is 0.00264. The standard InChI is InChI=1S/C20H25ClO7/c1-11-4-5-12(22)6-7-14(26-2)8-13(23)9-15-18(20(25)28-11)17(27-3)10-16(24)19(15)21/h10-11,14,24H,4-9H2,1-3H3/t11-,14-/m0/s1. The van der Waals surface area contributed by atoms with Crippen LogP contribution in [0.15, 0.2) is 6.07 Å². The van der Waals surface area contributed by atoms with Gasteiger partial charge >= 0.3 is 5.97 Å². The first kappa shape index (κ1) is 22.2. The van der Waals surface area contributed by atoms with Gasteiger partial charge in [-0.05, 0) is 19.8 Å². The Labute approximate surface area is 168 Å². The highest BCUT2D eigenvalue weighted by Gasteiger charge is 2.28. The molecular formula is C20H25ClO7. The van der Waals surface area contributed by atoms with Crippen molar-refractivity contribution < 1.29 is 33.7 Å². The summed E-state index contributed by atoms with van der Waals surface area (Å²) < 4.78 is 16.0. The molecule has 7 nitrogen and oxygen atoms in total. The highest BCUT2D eigenvalue weighted by atomic mass is 35.5. The summed E-state index contributed by atoms with van der Waals surface area (Å²) >= 11 is 6.21. The fraction of sp³-hybridized carbons (Fsp3) is 0.550. The number of rotatable bonds is 2. The summed E-state index contributed by atoms with van der Waals surface area (Å²) in [5, 5.41) is 9.98. The van der Waals surface area contributed by atoms with Crippen molar-refractivity contribution in [3.05, 3.63) is 22.2 Å². The monoisotopic (exact) mass is 412 g/mol. The first-order valence-corrected chi connectivity index (χ1v) is 9.50. The number of carbonyl (C=O) groups is 3. The Morgan fingerprint density at radius 2 is 1.82 bits per heavy atom. The third-order valence-corrected chi connectivity index (χ3v) is 5.20. The number of fused-ring (bicyclic) bond motifs is 1. The maximum atomic E-state index is 12.8. The minimum Gasteiger partial charge on any atom is -0.506 e. The van der Waals surface area contributed by atoms with Gasteiger partial charge in [0, 0.05) is 44.4 Å². The molecule has 0 spiro atoms. The van der Waals surface area contributed by atoms with Gasteiger partial charge in [-0.1, -0.05) is 11.6 Å². The topological polar surface area (TPSA) is 99.1 Å². The number of carbonyl (C=O) groups excluding carboxylic acids is 3. The molecule has 28 heavy (non-hydrogen) atoms. The maximum Gasteiger partial charge on any atom is 0.342 e. The summed E-state index contributed by atoms with van der Waals surface area (Å²) in [5.74, 6) is -1.16. The maximum absolute atomic E-state index is 12.8. The molecule has 1 aliphatic heterocycles. The van der Waals surface area contributed by atoms with Gasteiger partial charge in [0.15, 0.2) is 0 Å². The van der Waals surface area contributed by atoms with Gasteiger partial charge in [0.2, 0.25) is 0 Å². The van der Waals surface area contributed by atoms with E-state index in [-0.39, 0.29) is 58.5 Å². The molecule has 1 N–H and O–H groups in total. The predicted molar refractivity (Wildman–Crippen MR) is 102 cm³/mol. The Hall–Kier alpha value is -2.12. The second kappa shape index (κ2) is 9.89. The fourth-order valence-electron chi connectivity index (χ4n) is 3.16. The number of phenols is 1. The average Bonchev–Trinajstić information content (AvgIpc) is 2.65. The van der Waals surface area contributed by atoms with Crippen LogP contribution in [0.2, 0.25) is 5.02 Å². The first-order valence-electron chi connectivity index (χ1n) is 9.12. The lowest BCUT2D eigenvalue weighted by Crippen LogP contribution is -2.23. The minimum atomic E-state index is -0.721. The molecule has 0 radical (unpaired) electrons. The summed E-state index contributed by atoms with van der Waals surface area (Å²) in [6.07, 6.45) is 0.296. The SMILES string of the molecule is COc1cc(O)c(Cl)c2c1C(=O)O[C@@H](C)CCC(=O)CC[C@H](OC)CC(=O)C2. The first-order chi connectivity index (χ1) is 13.3. The molecule has 0 aromatic heterocycles. The number of hydrogen-bond donors (Lipinski definition) is 1. The number of methoxy groups -OCH3 is 2. The Morgan fingerprint density at radius 3 is 2.46 bits per heavy atom. The van der Waals surface area contributed by atoms with Crippen LogP contribution in [-0.4, -0.2) is 49.1 Å². The van der Waals surface area contributed by atoms with E-state index in [0.29, 0.717) is 19.3 Å². The Bertz CT molecular complexity index is 759. The van der Waals surface area contributed by atoms with Crippen molar-refractivity contribution in [3.8, 4) is 11.5 Å². The van der Waals surface area contributed by atoms with Crippen molar-refractivity contribution >= 4 is 29.1 Å². The smallest absolute Gasteiger partial charge is 0.342 e.